The normalized spacial score (nSPS) is 25.2. The van der Waals surface area contributed by atoms with Gasteiger partial charge in [0.15, 0.2) is 0 Å². The third kappa shape index (κ3) is 4.98. The Hall–Kier alpha value is -1.63. The molecule has 3 N–H and O–H groups in total. The summed E-state index contributed by atoms with van der Waals surface area (Å²) in [6, 6.07) is -0.236. The van der Waals surface area contributed by atoms with Gasteiger partial charge in [0.1, 0.15) is 6.04 Å². The molecule has 0 spiro atoms. The van der Waals surface area contributed by atoms with Gasteiger partial charge in [0, 0.05) is 25.6 Å². The van der Waals surface area contributed by atoms with Crippen molar-refractivity contribution in [1.29, 1.82) is 0 Å². The first-order chi connectivity index (χ1) is 10.3. The minimum absolute atomic E-state index is 0.0733. The number of carbonyl (C=O) groups excluding carboxylic acids is 2. The van der Waals surface area contributed by atoms with E-state index in [1.165, 1.54) is 19.8 Å². The molecule has 0 aromatic heterocycles. The van der Waals surface area contributed by atoms with E-state index in [0.29, 0.717) is 5.92 Å². The Morgan fingerprint density at radius 2 is 1.91 bits per heavy atom. The Labute approximate surface area is 130 Å². The lowest BCUT2D eigenvalue weighted by atomic mass is 9.85. The maximum absolute atomic E-state index is 11.9. The summed E-state index contributed by atoms with van der Waals surface area (Å²) in [6.07, 6.45) is 3.94. The van der Waals surface area contributed by atoms with E-state index in [1.54, 1.807) is 6.92 Å². The third-order valence-electron chi connectivity index (χ3n) is 4.32. The predicted molar refractivity (Wildman–Crippen MR) is 80.2 cm³/mol. The summed E-state index contributed by atoms with van der Waals surface area (Å²) in [5, 5.41) is 14.5. The molecule has 2 fully saturated rings. The van der Waals surface area contributed by atoms with Crippen LogP contribution in [0.2, 0.25) is 0 Å². The zero-order valence-electron chi connectivity index (χ0n) is 13.2. The summed E-state index contributed by atoms with van der Waals surface area (Å²) in [6.45, 7) is 3.95. The van der Waals surface area contributed by atoms with E-state index in [4.69, 9.17) is 5.11 Å². The number of amides is 2. The van der Waals surface area contributed by atoms with Crippen molar-refractivity contribution >= 4 is 17.8 Å². The predicted octanol–water partition coefficient (Wildman–Crippen LogP) is -0.0452. The number of rotatable bonds is 8. The largest absolute Gasteiger partial charge is 0.480 e. The molecule has 0 saturated heterocycles. The first-order valence-corrected chi connectivity index (χ1v) is 7.88. The van der Waals surface area contributed by atoms with Crippen LogP contribution in [-0.4, -0.2) is 59.0 Å². The maximum Gasteiger partial charge on any atom is 0.317 e. The molecular formula is C15H25N3O4. The highest BCUT2D eigenvalue weighted by atomic mass is 16.4. The Bertz CT molecular complexity index is 444. The molecule has 2 aliphatic carbocycles. The fourth-order valence-electron chi connectivity index (χ4n) is 2.85. The Morgan fingerprint density at radius 1 is 1.27 bits per heavy atom. The topological polar surface area (TPSA) is 98.7 Å². The molecule has 2 saturated carbocycles. The maximum atomic E-state index is 11.9. The van der Waals surface area contributed by atoms with Crippen LogP contribution < -0.4 is 10.6 Å². The number of hydrogen-bond acceptors (Lipinski definition) is 4. The van der Waals surface area contributed by atoms with Gasteiger partial charge in [0.25, 0.3) is 0 Å². The number of hydrogen-bond donors (Lipinski definition) is 3. The van der Waals surface area contributed by atoms with Gasteiger partial charge in [-0.1, -0.05) is 0 Å². The van der Waals surface area contributed by atoms with E-state index in [-0.39, 0.29) is 30.4 Å². The molecule has 7 nitrogen and oxygen atoms in total. The molecule has 2 aliphatic rings. The van der Waals surface area contributed by atoms with Gasteiger partial charge in [0.2, 0.25) is 11.8 Å². The Morgan fingerprint density at radius 3 is 2.41 bits per heavy atom. The Kier molecular flexibility index (Phi) is 5.39. The third-order valence-corrected chi connectivity index (χ3v) is 4.32. The van der Waals surface area contributed by atoms with E-state index in [9.17, 15) is 14.4 Å². The number of carbonyl (C=O) groups is 3. The highest BCUT2D eigenvalue weighted by Gasteiger charge is 2.38. The smallest absolute Gasteiger partial charge is 0.317 e. The zero-order chi connectivity index (χ0) is 16.3. The fraction of sp³-hybridized carbons (Fsp3) is 0.800. The average molecular weight is 311 g/mol. The average Bonchev–Trinajstić information content (AvgIpc) is 3.14. The highest BCUT2D eigenvalue weighted by Crippen LogP contribution is 2.33. The molecule has 0 aromatic rings. The summed E-state index contributed by atoms with van der Waals surface area (Å²) in [5.41, 5.74) is 0. The van der Waals surface area contributed by atoms with Crippen LogP contribution in [0.4, 0.5) is 0 Å². The molecule has 1 atom stereocenters. The quantitative estimate of drug-likeness (QED) is 0.584. The second kappa shape index (κ2) is 7.09. The van der Waals surface area contributed by atoms with Crippen LogP contribution in [0, 0.1) is 5.92 Å². The summed E-state index contributed by atoms with van der Waals surface area (Å²) in [4.78, 5) is 35.8. The van der Waals surface area contributed by atoms with Gasteiger partial charge >= 0.3 is 5.97 Å². The number of carboxylic acid groups (broad SMARTS) is 1. The van der Waals surface area contributed by atoms with Crippen LogP contribution in [0.5, 0.6) is 0 Å². The summed E-state index contributed by atoms with van der Waals surface area (Å²) in [5.74, 6) is -0.572. The molecule has 0 heterocycles. The van der Waals surface area contributed by atoms with Crippen LogP contribution in [0.25, 0.3) is 0 Å². The lowest BCUT2D eigenvalue weighted by Gasteiger charge is -2.43. The number of carboxylic acids is 1. The van der Waals surface area contributed by atoms with Crippen LogP contribution in [0.1, 0.15) is 39.5 Å². The van der Waals surface area contributed by atoms with Gasteiger partial charge in [-0.05, 0) is 38.5 Å². The van der Waals surface area contributed by atoms with Crippen molar-refractivity contribution < 1.29 is 19.5 Å². The van der Waals surface area contributed by atoms with Crippen molar-refractivity contribution in [3.05, 3.63) is 0 Å². The van der Waals surface area contributed by atoms with E-state index in [0.717, 1.165) is 19.4 Å². The van der Waals surface area contributed by atoms with Crippen molar-refractivity contribution in [2.24, 2.45) is 5.92 Å². The van der Waals surface area contributed by atoms with Crippen molar-refractivity contribution in [2.75, 3.05) is 13.1 Å². The molecule has 0 aliphatic heterocycles. The number of nitrogens with zero attached hydrogens (tertiary/aromatic N) is 1. The molecule has 1 unspecified atom stereocenters. The van der Waals surface area contributed by atoms with E-state index in [2.05, 4.69) is 10.6 Å². The fourth-order valence-corrected chi connectivity index (χ4v) is 2.85. The SMILES string of the molecule is CC(=O)NC(C)C(=O)NC1CC(N(CC(=O)O)CC2CC2)C1. The lowest BCUT2D eigenvalue weighted by Crippen LogP contribution is -2.57. The first-order valence-electron chi connectivity index (χ1n) is 7.88. The molecule has 0 radical (unpaired) electrons. The van der Waals surface area contributed by atoms with E-state index < -0.39 is 12.0 Å². The summed E-state index contributed by atoms with van der Waals surface area (Å²) < 4.78 is 0. The highest BCUT2D eigenvalue weighted by molar-refractivity contribution is 5.86. The van der Waals surface area contributed by atoms with Gasteiger partial charge in [-0.2, -0.15) is 0 Å². The molecule has 124 valence electrons. The van der Waals surface area contributed by atoms with Crippen LogP contribution in [0.3, 0.4) is 0 Å². The standard InChI is InChI=1S/C15H25N3O4/c1-9(16-10(2)19)15(22)17-12-5-13(6-12)18(8-14(20)21)7-11-3-4-11/h9,11-13H,3-8H2,1-2H3,(H,16,19)(H,17,22)(H,20,21). The second-order valence-corrected chi connectivity index (χ2v) is 6.52. The molecule has 22 heavy (non-hydrogen) atoms. The molecular weight excluding hydrogens is 286 g/mol. The second-order valence-electron chi connectivity index (χ2n) is 6.52. The van der Waals surface area contributed by atoms with Crippen molar-refractivity contribution in [2.45, 2.75) is 57.7 Å². The first kappa shape index (κ1) is 16.7. The van der Waals surface area contributed by atoms with Crippen LogP contribution in [0.15, 0.2) is 0 Å². The number of nitrogens with one attached hydrogen (secondary N) is 2. The minimum atomic E-state index is -0.799. The van der Waals surface area contributed by atoms with Gasteiger partial charge < -0.3 is 15.7 Å². The van der Waals surface area contributed by atoms with Crippen LogP contribution in [-0.2, 0) is 14.4 Å². The summed E-state index contributed by atoms with van der Waals surface area (Å²) >= 11 is 0. The monoisotopic (exact) mass is 311 g/mol. The molecule has 2 amide bonds. The van der Waals surface area contributed by atoms with Gasteiger partial charge in [0.05, 0.1) is 6.54 Å². The van der Waals surface area contributed by atoms with Gasteiger partial charge in [-0.3, -0.25) is 19.3 Å². The minimum Gasteiger partial charge on any atom is -0.480 e. The zero-order valence-corrected chi connectivity index (χ0v) is 13.2. The van der Waals surface area contributed by atoms with Gasteiger partial charge in [-0.25, -0.2) is 0 Å². The van der Waals surface area contributed by atoms with Gasteiger partial charge in [-0.15, -0.1) is 0 Å². The van der Waals surface area contributed by atoms with E-state index in [1.807, 2.05) is 4.90 Å². The van der Waals surface area contributed by atoms with Crippen molar-refractivity contribution in [1.82, 2.24) is 15.5 Å². The molecule has 2 rings (SSSR count). The van der Waals surface area contributed by atoms with E-state index >= 15 is 0 Å². The lowest BCUT2D eigenvalue weighted by molar-refractivity contribution is -0.140. The van der Waals surface area contributed by atoms with Crippen molar-refractivity contribution in [3.8, 4) is 0 Å². The number of aliphatic carboxylic acids is 1. The van der Waals surface area contributed by atoms with Crippen LogP contribution >= 0.6 is 0 Å². The molecule has 0 aromatic carbocycles. The Balaban J connectivity index is 1.73. The van der Waals surface area contributed by atoms with Crippen molar-refractivity contribution in [3.63, 3.8) is 0 Å². The molecule has 0 bridgehead atoms. The summed E-state index contributed by atoms with van der Waals surface area (Å²) in [7, 11) is 0. The molecule has 7 heteroatoms.